The van der Waals surface area contributed by atoms with Gasteiger partial charge in [0.1, 0.15) is 5.75 Å². The summed E-state index contributed by atoms with van der Waals surface area (Å²) in [6, 6.07) is 12.9. The lowest BCUT2D eigenvalue weighted by molar-refractivity contribution is -0.119. The zero-order valence-corrected chi connectivity index (χ0v) is 19.2. The molecule has 6 nitrogen and oxygen atoms in total. The lowest BCUT2D eigenvalue weighted by Crippen LogP contribution is -2.37. The first-order valence-corrected chi connectivity index (χ1v) is 9.12. The van der Waals surface area contributed by atoms with Crippen molar-refractivity contribution in [2.24, 2.45) is 10.7 Å². The number of nitrogens with zero attached hydrogens (tertiary/aromatic N) is 1. The third-order valence-electron chi connectivity index (χ3n) is 3.70. The molecule has 0 saturated carbocycles. The van der Waals surface area contributed by atoms with Gasteiger partial charge in [0.15, 0.2) is 12.6 Å². The summed E-state index contributed by atoms with van der Waals surface area (Å²) in [7, 11) is 1.71. The van der Waals surface area contributed by atoms with E-state index in [1.807, 2.05) is 30.3 Å². The lowest BCUT2D eigenvalue weighted by atomic mass is 10.1. The van der Waals surface area contributed by atoms with Crippen molar-refractivity contribution in [1.29, 1.82) is 0 Å². The first-order valence-electron chi connectivity index (χ1n) is 8.36. The number of hydrogen-bond acceptors (Lipinski definition) is 3. The molecule has 1 amide bonds. The van der Waals surface area contributed by atoms with Crippen LogP contribution >= 0.6 is 47.2 Å². The molecule has 152 valence electrons. The highest BCUT2D eigenvalue weighted by Crippen LogP contribution is 2.20. The fraction of sp³-hybridized carbons (Fsp3) is 0.263. The van der Waals surface area contributed by atoms with Crippen LogP contribution in [-0.2, 0) is 17.8 Å². The highest BCUT2D eigenvalue weighted by atomic mass is 127. The number of carbonyl (C=O) groups excluding carboxylic acids is 1. The van der Waals surface area contributed by atoms with Crippen molar-refractivity contribution in [2.75, 3.05) is 20.2 Å². The highest BCUT2D eigenvalue weighted by molar-refractivity contribution is 14.0. The molecule has 0 heterocycles. The molecule has 2 rings (SSSR count). The van der Waals surface area contributed by atoms with Gasteiger partial charge in [-0.1, -0.05) is 41.4 Å². The third-order valence-corrected chi connectivity index (χ3v) is 4.28. The smallest absolute Gasteiger partial charge is 0.255 e. The number of guanidine groups is 1. The molecular weight excluding hydrogens is 514 g/mol. The van der Waals surface area contributed by atoms with E-state index in [-0.39, 0.29) is 30.6 Å². The monoisotopic (exact) mass is 536 g/mol. The molecule has 4 N–H and O–H groups in total. The van der Waals surface area contributed by atoms with Gasteiger partial charge in [-0.25, -0.2) is 0 Å². The van der Waals surface area contributed by atoms with E-state index in [0.29, 0.717) is 34.8 Å². The van der Waals surface area contributed by atoms with Gasteiger partial charge in [-0.3, -0.25) is 9.79 Å². The van der Waals surface area contributed by atoms with Gasteiger partial charge in [-0.2, -0.15) is 0 Å². The maximum atomic E-state index is 10.7. The molecule has 2 aromatic carbocycles. The van der Waals surface area contributed by atoms with Crippen LogP contribution in [0, 0.1) is 0 Å². The molecule has 0 atom stereocenters. The first-order chi connectivity index (χ1) is 13.0. The molecule has 0 fully saturated rings. The third kappa shape index (κ3) is 8.53. The molecule has 0 spiro atoms. The van der Waals surface area contributed by atoms with Crippen LogP contribution in [0.1, 0.15) is 11.1 Å². The number of amides is 1. The summed E-state index contributed by atoms with van der Waals surface area (Å²) in [6.45, 7) is 1.12. The quantitative estimate of drug-likeness (QED) is 0.274. The second-order valence-electron chi connectivity index (χ2n) is 5.74. The van der Waals surface area contributed by atoms with Gasteiger partial charge in [0.25, 0.3) is 5.91 Å². The number of benzene rings is 2. The molecule has 0 bridgehead atoms. The molecule has 0 radical (unpaired) electrons. The standard InChI is InChI=1S/C19H22Cl2N4O2.HI/c1-23-19(25-11-14-4-5-15(20)10-17(14)21)24-9-8-13-2-6-16(7-3-13)27-12-18(22)26;/h2-7,10H,8-9,11-12H2,1H3,(H2,22,26)(H2,23,24,25);1H. The van der Waals surface area contributed by atoms with Crippen LogP contribution in [0.25, 0.3) is 0 Å². The van der Waals surface area contributed by atoms with Gasteiger partial charge in [0.05, 0.1) is 0 Å². The number of hydrogen-bond donors (Lipinski definition) is 3. The minimum Gasteiger partial charge on any atom is -0.484 e. The molecule has 9 heteroatoms. The molecule has 0 aliphatic rings. The number of carbonyl (C=O) groups is 1. The van der Waals surface area contributed by atoms with E-state index in [0.717, 1.165) is 17.5 Å². The Kier molecular flexibility index (Phi) is 11.0. The molecule has 0 aliphatic heterocycles. The Balaban J connectivity index is 0.00000392. The van der Waals surface area contributed by atoms with E-state index < -0.39 is 5.91 Å². The SMILES string of the molecule is CN=C(NCCc1ccc(OCC(N)=O)cc1)NCc1ccc(Cl)cc1Cl.I. The molecule has 0 saturated heterocycles. The second-order valence-corrected chi connectivity index (χ2v) is 6.58. The molecule has 0 aromatic heterocycles. The fourth-order valence-corrected chi connectivity index (χ4v) is 2.77. The number of nitrogens with one attached hydrogen (secondary N) is 2. The number of nitrogens with two attached hydrogens (primary N) is 1. The van der Waals surface area contributed by atoms with Gasteiger partial charge >= 0.3 is 0 Å². The zero-order chi connectivity index (χ0) is 19.6. The van der Waals surface area contributed by atoms with Crippen molar-refractivity contribution in [1.82, 2.24) is 10.6 Å². The molecule has 0 aliphatic carbocycles. The Labute approximate surface area is 191 Å². The van der Waals surface area contributed by atoms with Gasteiger partial charge in [-0.15, -0.1) is 24.0 Å². The van der Waals surface area contributed by atoms with Crippen molar-refractivity contribution in [2.45, 2.75) is 13.0 Å². The van der Waals surface area contributed by atoms with E-state index in [1.165, 1.54) is 0 Å². The minimum atomic E-state index is -0.498. The van der Waals surface area contributed by atoms with E-state index >= 15 is 0 Å². The fourth-order valence-electron chi connectivity index (χ4n) is 2.30. The van der Waals surface area contributed by atoms with Crippen LogP contribution in [0.5, 0.6) is 5.75 Å². The number of halogens is 3. The Bertz CT molecular complexity index is 801. The Morgan fingerprint density at radius 1 is 1.14 bits per heavy atom. The number of rotatable bonds is 8. The Morgan fingerprint density at radius 3 is 2.46 bits per heavy atom. The predicted octanol–water partition coefficient (Wildman–Crippen LogP) is 3.38. The number of primary amides is 1. The van der Waals surface area contributed by atoms with E-state index in [1.54, 1.807) is 19.2 Å². The van der Waals surface area contributed by atoms with Crippen LogP contribution in [0.15, 0.2) is 47.5 Å². The zero-order valence-electron chi connectivity index (χ0n) is 15.4. The molecular formula is C19H23Cl2IN4O2. The summed E-state index contributed by atoms with van der Waals surface area (Å²) >= 11 is 12.1. The molecule has 28 heavy (non-hydrogen) atoms. The van der Waals surface area contributed by atoms with Crippen LogP contribution in [0.4, 0.5) is 0 Å². The van der Waals surface area contributed by atoms with Crippen LogP contribution in [-0.4, -0.2) is 32.1 Å². The summed E-state index contributed by atoms with van der Waals surface area (Å²) in [4.78, 5) is 14.9. The number of ether oxygens (including phenoxy) is 1. The summed E-state index contributed by atoms with van der Waals surface area (Å²) in [5.74, 6) is 0.798. The molecule has 2 aromatic rings. The Hall–Kier alpha value is -1.71. The first kappa shape index (κ1) is 24.3. The van der Waals surface area contributed by atoms with Crippen LogP contribution < -0.4 is 21.1 Å². The van der Waals surface area contributed by atoms with Crippen LogP contribution in [0.2, 0.25) is 10.0 Å². The maximum Gasteiger partial charge on any atom is 0.255 e. The van der Waals surface area contributed by atoms with Crippen LogP contribution in [0.3, 0.4) is 0 Å². The topological polar surface area (TPSA) is 88.7 Å². The van der Waals surface area contributed by atoms with Crippen molar-refractivity contribution in [3.8, 4) is 5.75 Å². The van der Waals surface area contributed by atoms with Crippen molar-refractivity contribution in [3.05, 3.63) is 63.6 Å². The lowest BCUT2D eigenvalue weighted by Gasteiger charge is -2.13. The van der Waals surface area contributed by atoms with Crippen molar-refractivity contribution < 1.29 is 9.53 Å². The summed E-state index contributed by atoms with van der Waals surface area (Å²) in [5, 5.41) is 7.69. The largest absolute Gasteiger partial charge is 0.484 e. The van der Waals surface area contributed by atoms with Gasteiger partial charge in [0.2, 0.25) is 0 Å². The van der Waals surface area contributed by atoms with Crippen molar-refractivity contribution >= 4 is 59.0 Å². The summed E-state index contributed by atoms with van der Waals surface area (Å²) in [5.41, 5.74) is 7.12. The van der Waals surface area contributed by atoms with Gasteiger partial charge < -0.3 is 21.1 Å². The van der Waals surface area contributed by atoms with Crippen molar-refractivity contribution in [3.63, 3.8) is 0 Å². The minimum absolute atomic E-state index is 0. The summed E-state index contributed by atoms with van der Waals surface area (Å²) < 4.78 is 5.24. The average molecular weight is 537 g/mol. The highest BCUT2D eigenvalue weighted by Gasteiger charge is 2.04. The number of aliphatic imine (C=N–C) groups is 1. The van der Waals surface area contributed by atoms with E-state index in [2.05, 4.69) is 15.6 Å². The predicted molar refractivity (Wildman–Crippen MR) is 125 cm³/mol. The normalized spacial score (nSPS) is 10.8. The van der Waals surface area contributed by atoms with Gasteiger partial charge in [0, 0.05) is 30.2 Å². The second kappa shape index (κ2) is 12.7. The maximum absolute atomic E-state index is 10.7. The van der Waals surface area contributed by atoms with Gasteiger partial charge in [-0.05, 0) is 41.8 Å². The summed E-state index contributed by atoms with van der Waals surface area (Å²) in [6.07, 6.45) is 0.804. The molecule has 0 unspecified atom stereocenters. The van der Waals surface area contributed by atoms with E-state index in [4.69, 9.17) is 33.7 Å². The average Bonchev–Trinajstić information content (AvgIpc) is 2.65. The van der Waals surface area contributed by atoms with E-state index in [9.17, 15) is 4.79 Å². The Morgan fingerprint density at radius 2 is 1.86 bits per heavy atom.